The second-order valence-electron chi connectivity index (χ2n) is 6.29. The highest BCUT2D eigenvalue weighted by Gasteiger charge is 2.19. The molecule has 3 aromatic rings. The summed E-state index contributed by atoms with van der Waals surface area (Å²) < 4.78 is 1.64. The van der Waals surface area contributed by atoms with Gasteiger partial charge < -0.3 is 4.90 Å². The summed E-state index contributed by atoms with van der Waals surface area (Å²) >= 11 is 0. The number of rotatable bonds is 6. The van der Waals surface area contributed by atoms with Crippen LogP contribution >= 0.6 is 0 Å². The highest BCUT2D eigenvalue weighted by molar-refractivity contribution is 5.86. The van der Waals surface area contributed by atoms with Crippen LogP contribution in [-0.2, 0) is 0 Å². The van der Waals surface area contributed by atoms with Crippen LogP contribution in [-0.4, -0.2) is 48.7 Å². The van der Waals surface area contributed by atoms with Crippen molar-refractivity contribution in [2.24, 2.45) is 5.10 Å². The monoisotopic (exact) mass is 397 g/mol. The molecule has 1 saturated heterocycles. The van der Waals surface area contributed by atoms with E-state index in [1.54, 1.807) is 10.6 Å². The van der Waals surface area contributed by atoms with Crippen molar-refractivity contribution >= 4 is 35.0 Å². The molecule has 0 saturated carbocycles. The minimum Gasteiger partial charge on any atom is -0.356 e. The molecule has 0 atom stereocenters. The summed E-state index contributed by atoms with van der Waals surface area (Å²) in [4.78, 5) is 31.2. The van der Waals surface area contributed by atoms with Crippen LogP contribution in [0.5, 0.6) is 0 Å². The molecular weight excluding hydrogens is 382 g/mol. The maximum absolute atomic E-state index is 11.2. The lowest BCUT2D eigenvalue weighted by Gasteiger charge is -2.18. The molecule has 1 fully saturated rings. The third-order valence-corrected chi connectivity index (χ3v) is 4.47. The Balaban J connectivity index is 1.60. The van der Waals surface area contributed by atoms with Crippen molar-refractivity contribution in [1.82, 2.24) is 19.6 Å². The fourth-order valence-corrected chi connectivity index (χ4v) is 3.11. The highest BCUT2D eigenvalue weighted by atomic mass is 16.6. The Morgan fingerprint density at radius 3 is 2.66 bits per heavy atom. The first-order valence-corrected chi connectivity index (χ1v) is 8.70. The Kier molecular flexibility index (Phi) is 4.68. The van der Waals surface area contributed by atoms with Gasteiger partial charge in [-0.05, 0) is 18.9 Å². The van der Waals surface area contributed by atoms with Gasteiger partial charge in [0, 0.05) is 25.2 Å². The number of nitro groups is 2. The number of aromatic nitrogens is 4. The summed E-state index contributed by atoms with van der Waals surface area (Å²) in [5.74, 6) is 1.62. The summed E-state index contributed by atoms with van der Waals surface area (Å²) in [6, 6.07) is 5.12. The number of hydrogen-bond donors (Lipinski definition) is 1. The minimum absolute atomic E-state index is 0.122. The van der Waals surface area contributed by atoms with Gasteiger partial charge in [-0.2, -0.15) is 24.7 Å². The molecule has 3 heterocycles. The first-order chi connectivity index (χ1) is 14.0. The molecule has 0 spiro atoms. The average molecular weight is 397 g/mol. The zero-order valence-electron chi connectivity index (χ0n) is 15.0. The van der Waals surface area contributed by atoms with E-state index >= 15 is 0 Å². The van der Waals surface area contributed by atoms with Gasteiger partial charge in [-0.1, -0.05) is 0 Å². The lowest BCUT2D eigenvalue weighted by atomic mass is 10.2. The summed E-state index contributed by atoms with van der Waals surface area (Å²) in [6.07, 6.45) is 4.80. The van der Waals surface area contributed by atoms with Gasteiger partial charge in [-0.3, -0.25) is 25.7 Å². The Labute approximate surface area is 163 Å². The van der Waals surface area contributed by atoms with E-state index in [1.807, 2.05) is 0 Å². The molecule has 13 heteroatoms. The molecule has 0 amide bonds. The molecule has 148 valence electrons. The van der Waals surface area contributed by atoms with Gasteiger partial charge in [0.05, 0.1) is 27.7 Å². The fraction of sp³-hybridized carbons (Fsp3) is 0.250. The molecule has 13 nitrogen and oxygen atoms in total. The SMILES string of the molecule is O=[N+]([O-])c1ccc(/C=N/Nc2cc(N3CCCC3)n3ncnc3n2)c([N+](=O)[O-])c1. The second-order valence-corrected chi connectivity index (χ2v) is 6.29. The van der Waals surface area contributed by atoms with Crippen molar-refractivity contribution in [2.45, 2.75) is 12.8 Å². The number of anilines is 2. The zero-order chi connectivity index (χ0) is 20.4. The molecular formula is C16H15N9O4. The predicted molar refractivity (Wildman–Crippen MR) is 103 cm³/mol. The van der Waals surface area contributed by atoms with Gasteiger partial charge in [-0.25, -0.2) is 0 Å². The van der Waals surface area contributed by atoms with E-state index in [-0.39, 0.29) is 11.3 Å². The minimum atomic E-state index is -0.694. The van der Waals surface area contributed by atoms with E-state index < -0.39 is 15.5 Å². The van der Waals surface area contributed by atoms with E-state index in [1.165, 1.54) is 24.7 Å². The normalized spacial score (nSPS) is 14.0. The molecule has 0 bridgehead atoms. The lowest BCUT2D eigenvalue weighted by molar-refractivity contribution is -0.394. The number of nitro benzene ring substituents is 2. The molecule has 1 N–H and O–H groups in total. The lowest BCUT2D eigenvalue weighted by Crippen LogP contribution is -2.21. The van der Waals surface area contributed by atoms with Gasteiger partial charge in [-0.15, -0.1) is 0 Å². The van der Waals surface area contributed by atoms with Gasteiger partial charge >= 0.3 is 0 Å². The van der Waals surface area contributed by atoms with Gasteiger partial charge in [0.15, 0.2) is 5.82 Å². The van der Waals surface area contributed by atoms with Crippen molar-refractivity contribution in [3.63, 3.8) is 0 Å². The summed E-state index contributed by atoms with van der Waals surface area (Å²) in [7, 11) is 0. The van der Waals surface area contributed by atoms with Crippen molar-refractivity contribution < 1.29 is 9.85 Å². The van der Waals surface area contributed by atoms with Crippen LogP contribution in [0.25, 0.3) is 5.78 Å². The molecule has 29 heavy (non-hydrogen) atoms. The topological polar surface area (TPSA) is 157 Å². The quantitative estimate of drug-likeness (QED) is 0.373. The number of nitrogens with zero attached hydrogens (tertiary/aromatic N) is 8. The Hall–Kier alpha value is -4.16. The van der Waals surface area contributed by atoms with E-state index in [0.717, 1.165) is 37.8 Å². The molecule has 0 aliphatic carbocycles. The summed E-state index contributed by atoms with van der Waals surface area (Å²) in [5.41, 5.74) is 2.08. The molecule has 4 rings (SSSR count). The third kappa shape index (κ3) is 3.65. The van der Waals surface area contributed by atoms with Crippen LogP contribution in [0.2, 0.25) is 0 Å². The number of hydrogen-bond acceptors (Lipinski definition) is 10. The number of fused-ring (bicyclic) bond motifs is 1. The van der Waals surface area contributed by atoms with Gasteiger partial charge in [0.2, 0.25) is 0 Å². The number of hydrazone groups is 1. The maximum Gasteiger partial charge on any atom is 0.285 e. The van der Waals surface area contributed by atoms with Crippen LogP contribution < -0.4 is 10.3 Å². The largest absolute Gasteiger partial charge is 0.356 e. The number of non-ortho nitro benzene ring substituents is 1. The predicted octanol–water partition coefficient (Wildman–Crippen LogP) is 1.99. The van der Waals surface area contributed by atoms with E-state index in [2.05, 4.69) is 30.5 Å². The molecule has 2 aromatic heterocycles. The second kappa shape index (κ2) is 7.46. The highest BCUT2D eigenvalue weighted by Crippen LogP contribution is 2.24. The Morgan fingerprint density at radius 1 is 1.14 bits per heavy atom. The first-order valence-electron chi connectivity index (χ1n) is 8.70. The molecule has 1 aliphatic rings. The van der Waals surface area contributed by atoms with E-state index in [4.69, 9.17) is 0 Å². The van der Waals surface area contributed by atoms with Crippen molar-refractivity contribution in [3.8, 4) is 0 Å². The Bertz CT molecular complexity index is 1120. The molecule has 0 unspecified atom stereocenters. The smallest absolute Gasteiger partial charge is 0.285 e. The van der Waals surface area contributed by atoms with Crippen molar-refractivity contribution in [1.29, 1.82) is 0 Å². The fourth-order valence-electron chi connectivity index (χ4n) is 3.11. The van der Waals surface area contributed by atoms with Crippen LogP contribution in [0.4, 0.5) is 23.0 Å². The molecule has 1 aromatic carbocycles. The molecule has 0 radical (unpaired) electrons. The van der Waals surface area contributed by atoms with Crippen LogP contribution in [0.15, 0.2) is 35.7 Å². The van der Waals surface area contributed by atoms with Gasteiger partial charge in [0.25, 0.3) is 17.2 Å². The molecule has 1 aliphatic heterocycles. The van der Waals surface area contributed by atoms with Crippen LogP contribution in [0, 0.1) is 20.2 Å². The standard InChI is InChI=1S/C16H15N9O4/c26-24(27)12-4-3-11(13(7-12)25(28)29)9-18-21-14-8-15(22-5-1-2-6-22)23-16(20-14)17-10-19-23/h3-4,7-10H,1-2,5-6H2,(H,17,19,20,21)/b18-9+. The average Bonchev–Trinajstić information content (AvgIpc) is 3.39. The summed E-state index contributed by atoms with van der Waals surface area (Å²) in [5, 5.41) is 30.2. The number of benzene rings is 1. The van der Waals surface area contributed by atoms with E-state index in [9.17, 15) is 20.2 Å². The van der Waals surface area contributed by atoms with Crippen molar-refractivity contribution in [3.05, 3.63) is 56.4 Å². The van der Waals surface area contributed by atoms with Gasteiger partial charge in [0.1, 0.15) is 12.1 Å². The zero-order valence-corrected chi connectivity index (χ0v) is 15.0. The van der Waals surface area contributed by atoms with Crippen LogP contribution in [0.1, 0.15) is 18.4 Å². The van der Waals surface area contributed by atoms with E-state index in [0.29, 0.717) is 11.6 Å². The summed E-state index contributed by atoms with van der Waals surface area (Å²) in [6.45, 7) is 1.80. The third-order valence-electron chi connectivity index (χ3n) is 4.47. The first kappa shape index (κ1) is 18.2. The number of nitrogens with one attached hydrogen (secondary N) is 1. The van der Waals surface area contributed by atoms with Crippen molar-refractivity contribution in [2.75, 3.05) is 23.4 Å². The Morgan fingerprint density at radius 2 is 1.93 bits per heavy atom. The van der Waals surface area contributed by atoms with Crippen LogP contribution in [0.3, 0.4) is 0 Å². The maximum atomic E-state index is 11.2.